The number of benzene rings is 1. The molecule has 1 heterocycles. The lowest BCUT2D eigenvalue weighted by atomic mass is 10.2. The molecule has 6 nitrogen and oxygen atoms in total. The predicted molar refractivity (Wildman–Crippen MR) is 82.0 cm³/mol. The zero-order valence-electron chi connectivity index (χ0n) is 12.8. The smallest absolute Gasteiger partial charge is 0.271 e. The van der Waals surface area contributed by atoms with Crippen molar-refractivity contribution in [3.05, 3.63) is 41.7 Å². The Kier molecular flexibility index (Phi) is 4.79. The summed E-state index contributed by atoms with van der Waals surface area (Å²) in [6.45, 7) is 4.02. The van der Waals surface area contributed by atoms with Gasteiger partial charge in [-0.05, 0) is 37.6 Å². The van der Waals surface area contributed by atoms with Gasteiger partial charge in [0.2, 0.25) is 0 Å². The predicted octanol–water partition coefficient (Wildman–Crippen LogP) is 2.08. The molecule has 0 aliphatic rings. The number of hydrogen-bond acceptors (Lipinski definition) is 4. The number of aryl methyl sites for hydroxylation is 1. The van der Waals surface area contributed by atoms with Gasteiger partial charge in [0.05, 0.1) is 19.1 Å². The molecular weight excluding hydrogens is 280 g/mol. The summed E-state index contributed by atoms with van der Waals surface area (Å²) >= 11 is 0. The molecule has 1 aromatic heterocycles. The van der Waals surface area contributed by atoms with Crippen molar-refractivity contribution in [3.8, 4) is 17.5 Å². The summed E-state index contributed by atoms with van der Waals surface area (Å²) in [6.07, 6.45) is 1.71. The SMILES string of the molecule is COc1ccc(C)cc1-n1ccc(C(=O)NCC(C)C#N)n1. The minimum atomic E-state index is -0.299. The molecule has 22 heavy (non-hydrogen) atoms. The summed E-state index contributed by atoms with van der Waals surface area (Å²) in [5.74, 6) is 0.147. The number of ether oxygens (including phenoxy) is 1. The molecule has 0 fully saturated rings. The fraction of sp³-hybridized carbons (Fsp3) is 0.312. The molecule has 0 aliphatic heterocycles. The van der Waals surface area contributed by atoms with E-state index in [2.05, 4.69) is 16.5 Å². The summed E-state index contributed by atoms with van der Waals surface area (Å²) in [7, 11) is 1.59. The first-order chi connectivity index (χ1) is 10.5. The van der Waals surface area contributed by atoms with Crippen LogP contribution in [0.1, 0.15) is 23.0 Å². The molecule has 0 saturated heterocycles. The van der Waals surface area contributed by atoms with Crippen molar-refractivity contribution >= 4 is 5.91 Å². The normalized spacial score (nSPS) is 11.5. The summed E-state index contributed by atoms with van der Waals surface area (Å²) in [4.78, 5) is 12.0. The van der Waals surface area contributed by atoms with E-state index in [0.717, 1.165) is 11.3 Å². The standard InChI is InChI=1S/C16H18N4O2/c1-11-4-5-15(22-3)14(8-11)20-7-6-13(19-20)16(21)18-10-12(2)9-17/h4-8,12H,10H2,1-3H3,(H,18,21). The van der Waals surface area contributed by atoms with Crippen molar-refractivity contribution < 1.29 is 9.53 Å². The molecule has 2 rings (SSSR count). The molecule has 0 saturated carbocycles. The Labute approximate surface area is 129 Å². The van der Waals surface area contributed by atoms with E-state index >= 15 is 0 Å². The topological polar surface area (TPSA) is 79.9 Å². The van der Waals surface area contributed by atoms with E-state index in [1.54, 1.807) is 31.0 Å². The third kappa shape index (κ3) is 3.44. The second-order valence-corrected chi connectivity index (χ2v) is 5.06. The van der Waals surface area contributed by atoms with Crippen LogP contribution in [0.25, 0.3) is 5.69 Å². The Balaban J connectivity index is 2.20. The third-order valence-electron chi connectivity index (χ3n) is 3.19. The summed E-state index contributed by atoms with van der Waals surface area (Å²) in [5.41, 5.74) is 2.14. The minimum absolute atomic E-state index is 0.233. The molecule has 6 heteroatoms. The fourth-order valence-corrected chi connectivity index (χ4v) is 1.94. The minimum Gasteiger partial charge on any atom is -0.494 e. The van der Waals surface area contributed by atoms with Crippen molar-refractivity contribution in [2.75, 3.05) is 13.7 Å². The molecule has 1 unspecified atom stereocenters. The van der Waals surface area contributed by atoms with Crippen LogP contribution in [0.3, 0.4) is 0 Å². The number of hydrogen-bond donors (Lipinski definition) is 1. The van der Waals surface area contributed by atoms with Gasteiger partial charge in [0, 0.05) is 12.7 Å². The van der Waals surface area contributed by atoms with E-state index in [4.69, 9.17) is 10.00 Å². The van der Waals surface area contributed by atoms with Crippen molar-refractivity contribution in [2.24, 2.45) is 5.92 Å². The van der Waals surface area contributed by atoms with Crippen molar-refractivity contribution in [3.63, 3.8) is 0 Å². The monoisotopic (exact) mass is 298 g/mol. The van der Waals surface area contributed by atoms with Crippen LogP contribution in [0, 0.1) is 24.2 Å². The molecule has 0 spiro atoms. The number of carbonyl (C=O) groups is 1. The molecule has 114 valence electrons. The van der Waals surface area contributed by atoms with E-state index in [9.17, 15) is 4.79 Å². The van der Waals surface area contributed by atoms with E-state index in [1.807, 2.05) is 25.1 Å². The Hall–Kier alpha value is -2.81. The van der Waals surface area contributed by atoms with Gasteiger partial charge in [-0.1, -0.05) is 6.07 Å². The lowest BCUT2D eigenvalue weighted by Crippen LogP contribution is -2.28. The Bertz CT molecular complexity index is 715. The highest BCUT2D eigenvalue weighted by molar-refractivity contribution is 5.92. The zero-order chi connectivity index (χ0) is 16.1. The van der Waals surface area contributed by atoms with E-state index in [0.29, 0.717) is 18.0 Å². The lowest BCUT2D eigenvalue weighted by Gasteiger charge is -2.09. The Morgan fingerprint density at radius 2 is 2.27 bits per heavy atom. The van der Waals surface area contributed by atoms with Gasteiger partial charge in [-0.3, -0.25) is 4.79 Å². The number of nitrogens with one attached hydrogen (secondary N) is 1. The highest BCUT2D eigenvalue weighted by Gasteiger charge is 2.13. The van der Waals surface area contributed by atoms with Gasteiger partial charge in [-0.15, -0.1) is 0 Å². The molecule has 2 aromatic rings. The Morgan fingerprint density at radius 3 is 2.95 bits per heavy atom. The van der Waals surface area contributed by atoms with Gasteiger partial charge in [-0.2, -0.15) is 10.4 Å². The van der Waals surface area contributed by atoms with Crippen molar-refractivity contribution in [2.45, 2.75) is 13.8 Å². The second kappa shape index (κ2) is 6.76. The number of amides is 1. The number of rotatable bonds is 5. The van der Waals surface area contributed by atoms with Crippen LogP contribution in [-0.2, 0) is 0 Å². The van der Waals surface area contributed by atoms with E-state index in [-0.39, 0.29) is 11.8 Å². The van der Waals surface area contributed by atoms with Crippen LogP contribution >= 0.6 is 0 Å². The maximum atomic E-state index is 12.0. The lowest BCUT2D eigenvalue weighted by molar-refractivity contribution is 0.0945. The molecule has 0 bridgehead atoms. The highest BCUT2D eigenvalue weighted by atomic mass is 16.5. The average Bonchev–Trinajstić information content (AvgIpc) is 3.02. The highest BCUT2D eigenvalue weighted by Crippen LogP contribution is 2.23. The molecule has 0 radical (unpaired) electrons. The van der Waals surface area contributed by atoms with Gasteiger partial charge >= 0.3 is 0 Å². The van der Waals surface area contributed by atoms with E-state index in [1.165, 1.54) is 0 Å². The van der Waals surface area contributed by atoms with Gasteiger partial charge in [-0.25, -0.2) is 4.68 Å². The van der Waals surface area contributed by atoms with Gasteiger partial charge in [0.25, 0.3) is 5.91 Å². The molecule has 1 aromatic carbocycles. The largest absolute Gasteiger partial charge is 0.494 e. The average molecular weight is 298 g/mol. The number of aromatic nitrogens is 2. The van der Waals surface area contributed by atoms with Crippen LogP contribution in [0.5, 0.6) is 5.75 Å². The molecule has 1 atom stereocenters. The van der Waals surface area contributed by atoms with Crippen molar-refractivity contribution in [1.82, 2.24) is 15.1 Å². The van der Waals surface area contributed by atoms with Gasteiger partial charge < -0.3 is 10.1 Å². The fourth-order valence-electron chi connectivity index (χ4n) is 1.94. The number of nitrogens with zero attached hydrogens (tertiary/aromatic N) is 3. The molecular formula is C16H18N4O2. The number of carbonyl (C=O) groups excluding carboxylic acids is 1. The number of methoxy groups -OCH3 is 1. The number of nitriles is 1. The van der Waals surface area contributed by atoms with Gasteiger partial charge in [0.15, 0.2) is 5.69 Å². The van der Waals surface area contributed by atoms with Crippen LogP contribution in [0.2, 0.25) is 0 Å². The maximum absolute atomic E-state index is 12.0. The van der Waals surface area contributed by atoms with Crippen LogP contribution in [-0.4, -0.2) is 29.3 Å². The molecule has 1 N–H and O–H groups in total. The zero-order valence-corrected chi connectivity index (χ0v) is 12.8. The quantitative estimate of drug-likeness (QED) is 0.916. The first-order valence-corrected chi connectivity index (χ1v) is 6.93. The maximum Gasteiger partial charge on any atom is 0.271 e. The second-order valence-electron chi connectivity index (χ2n) is 5.06. The summed E-state index contributed by atoms with van der Waals surface area (Å²) < 4.78 is 6.93. The van der Waals surface area contributed by atoms with Crippen molar-refractivity contribution in [1.29, 1.82) is 5.26 Å². The van der Waals surface area contributed by atoms with Crippen LogP contribution < -0.4 is 10.1 Å². The van der Waals surface area contributed by atoms with E-state index < -0.39 is 0 Å². The third-order valence-corrected chi connectivity index (χ3v) is 3.19. The first kappa shape index (κ1) is 15.6. The van der Waals surface area contributed by atoms with Gasteiger partial charge in [0.1, 0.15) is 11.4 Å². The Morgan fingerprint density at radius 1 is 1.50 bits per heavy atom. The van der Waals surface area contributed by atoms with Crippen LogP contribution in [0.15, 0.2) is 30.5 Å². The molecule has 1 amide bonds. The summed E-state index contributed by atoms with van der Waals surface area (Å²) in [6, 6.07) is 9.45. The molecule has 0 aliphatic carbocycles. The first-order valence-electron chi connectivity index (χ1n) is 6.93. The van der Waals surface area contributed by atoms with Crippen LogP contribution in [0.4, 0.5) is 0 Å². The summed E-state index contributed by atoms with van der Waals surface area (Å²) in [5, 5.41) is 15.7.